The van der Waals surface area contributed by atoms with Gasteiger partial charge in [-0.25, -0.2) is 24.0 Å². The lowest BCUT2D eigenvalue weighted by Crippen LogP contribution is -2.54. The van der Waals surface area contributed by atoms with Gasteiger partial charge in [-0.2, -0.15) is 4.90 Å². The quantitative estimate of drug-likeness (QED) is 0.120. The lowest BCUT2D eigenvalue weighted by Gasteiger charge is -2.35. The SMILES string of the molecule is CCCCOC1COCC(NC(=O)OC(C)(C)CCC(C)(C)OC(=O)N(C(=O)OC(C)(C)C)C2COCC(OCCCC)C(O)C(C)OC2=O)C(=O)OC(C)C1O. The molecule has 0 bridgehead atoms. The average molecular weight is 821 g/mol. The monoisotopic (exact) mass is 820 g/mol. The third-order valence-electron chi connectivity index (χ3n) is 9.12. The fraction of sp³-hybridized carbons (Fsp3) is 0.872. The molecule has 3 amide bonds. The minimum Gasteiger partial charge on any atom is -0.458 e. The second-order valence-corrected chi connectivity index (χ2v) is 16.7. The van der Waals surface area contributed by atoms with Gasteiger partial charge in [-0.3, -0.25) is 0 Å². The molecule has 0 radical (unpaired) electrons. The Morgan fingerprint density at radius 2 is 1.16 bits per heavy atom. The molecule has 57 heavy (non-hydrogen) atoms. The minimum atomic E-state index is -1.64. The lowest BCUT2D eigenvalue weighted by atomic mass is 9.94. The Balaban J connectivity index is 2.13. The zero-order chi connectivity index (χ0) is 43.1. The molecule has 2 fully saturated rings. The number of alkyl carbamates (subject to hydrolysis) is 1. The molecule has 2 heterocycles. The molecule has 0 spiro atoms. The largest absolute Gasteiger partial charge is 0.458 e. The number of imide groups is 1. The maximum atomic E-state index is 13.9. The summed E-state index contributed by atoms with van der Waals surface area (Å²) in [5, 5.41) is 24.0. The summed E-state index contributed by atoms with van der Waals surface area (Å²) in [5.74, 6) is -1.86. The first-order valence-electron chi connectivity index (χ1n) is 19.9. The topological polar surface area (TPSA) is 224 Å². The van der Waals surface area contributed by atoms with E-state index in [0.29, 0.717) is 18.1 Å². The number of hydrogen-bond donors (Lipinski definition) is 3. The van der Waals surface area contributed by atoms with Crippen molar-refractivity contribution in [2.75, 3.05) is 39.6 Å². The maximum absolute atomic E-state index is 13.9. The molecule has 2 rings (SSSR count). The Bertz CT molecular complexity index is 1300. The number of carbonyl (C=O) groups is 5. The molecular weight excluding hydrogens is 752 g/mol. The van der Waals surface area contributed by atoms with E-state index in [1.807, 2.05) is 13.8 Å². The summed E-state index contributed by atoms with van der Waals surface area (Å²) in [5.41, 5.74) is -3.55. The van der Waals surface area contributed by atoms with Crippen molar-refractivity contribution in [3.8, 4) is 0 Å². The number of esters is 2. The summed E-state index contributed by atoms with van der Waals surface area (Å²) in [6.45, 7) is 17.9. The highest BCUT2D eigenvalue weighted by atomic mass is 16.6. The van der Waals surface area contributed by atoms with Crippen LogP contribution in [-0.2, 0) is 52.2 Å². The van der Waals surface area contributed by atoms with Crippen LogP contribution in [-0.4, -0.2) is 150 Å². The maximum Gasteiger partial charge on any atom is 0.420 e. The molecular formula is C39H68N2O16. The Morgan fingerprint density at radius 1 is 0.702 bits per heavy atom. The van der Waals surface area contributed by atoms with E-state index in [0.717, 1.165) is 25.7 Å². The average Bonchev–Trinajstić information content (AvgIpc) is 3.16. The minimum absolute atomic E-state index is 0.0322. The van der Waals surface area contributed by atoms with E-state index >= 15 is 0 Å². The molecule has 2 aliphatic rings. The first-order valence-corrected chi connectivity index (χ1v) is 19.9. The first kappa shape index (κ1) is 49.9. The number of rotatable bonds is 15. The Labute approximate surface area is 336 Å². The molecule has 18 heteroatoms. The molecule has 0 aromatic carbocycles. The molecule has 8 atom stereocenters. The number of hydrogen-bond acceptors (Lipinski definition) is 16. The van der Waals surface area contributed by atoms with Crippen molar-refractivity contribution in [2.45, 2.75) is 180 Å². The lowest BCUT2D eigenvalue weighted by molar-refractivity contribution is -0.164. The molecule has 18 nitrogen and oxygen atoms in total. The van der Waals surface area contributed by atoms with Gasteiger partial charge < -0.3 is 58.2 Å². The fourth-order valence-corrected chi connectivity index (χ4v) is 5.59. The van der Waals surface area contributed by atoms with Crippen LogP contribution in [0.4, 0.5) is 14.4 Å². The van der Waals surface area contributed by atoms with E-state index in [-0.39, 0.29) is 32.7 Å². The number of carbonyl (C=O) groups excluding carboxylic acids is 5. The van der Waals surface area contributed by atoms with Gasteiger partial charge in [-0.05, 0) is 88.0 Å². The number of ether oxygens (including phenoxy) is 9. The molecule has 0 aliphatic carbocycles. The summed E-state index contributed by atoms with van der Waals surface area (Å²) in [6, 6.07) is -2.89. The molecule has 0 saturated carbocycles. The van der Waals surface area contributed by atoms with Crippen LogP contribution >= 0.6 is 0 Å². The Kier molecular flexibility index (Phi) is 19.9. The fourth-order valence-electron chi connectivity index (χ4n) is 5.59. The second-order valence-electron chi connectivity index (χ2n) is 16.7. The van der Waals surface area contributed by atoms with Crippen LogP contribution in [0.5, 0.6) is 0 Å². The summed E-state index contributed by atoms with van der Waals surface area (Å²) >= 11 is 0. The number of amides is 3. The number of unbranched alkanes of at least 4 members (excludes halogenated alkanes) is 2. The number of cyclic esters (lactones) is 2. The highest BCUT2D eigenvalue weighted by Crippen LogP contribution is 2.27. The van der Waals surface area contributed by atoms with Gasteiger partial charge in [0.2, 0.25) is 0 Å². The van der Waals surface area contributed by atoms with Crippen LogP contribution in [0.2, 0.25) is 0 Å². The summed E-state index contributed by atoms with van der Waals surface area (Å²) < 4.78 is 50.7. The van der Waals surface area contributed by atoms with Crippen molar-refractivity contribution in [1.82, 2.24) is 10.2 Å². The molecule has 3 N–H and O–H groups in total. The smallest absolute Gasteiger partial charge is 0.420 e. The van der Waals surface area contributed by atoms with Gasteiger partial charge in [0.15, 0.2) is 12.1 Å². The molecule has 8 unspecified atom stereocenters. The van der Waals surface area contributed by atoms with Crippen molar-refractivity contribution in [3.63, 3.8) is 0 Å². The number of aliphatic hydroxyl groups excluding tert-OH is 2. The van der Waals surface area contributed by atoms with Gasteiger partial charge in [-0.1, -0.05) is 26.7 Å². The van der Waals surface area contributed by atoms with Gasteiger partial charge in [0.25, 0.3) is 0 Å². The van der Waals surface area contributed by atoms with Gasteiger partial charge in [0.05, 0.1) is 26.4 Å². The van der Waals surface area contributed by atoms with Crippen molar-refractivity contribution in [1.29, 1.82) is 0 Å². The number of aliphatic hydroxyl groups is 2. The summed E-state index contributed by atoms with van der Waals surface area (Å²) in [4.78, 5) is 67.3. The highest BCUT2D eigenvalue weighted by Gasteiger charge is 2.45. The van der Waals surface area contributed by atoms with Gasteiger partial charge in [-0.15, -0.1) is 0 Å². The standard InChI is InChI=1S/C39H68N2O16/c1-12-14-18-51-28-22-49-20-26(32(44)53-24(3)30(28)42)40-34(46)55-38(8,9)16-17-39(10,11)57-36(48)41(35(47)56-37(5,6)7)27-21-50-23-29(52-19-15-13-2)31(43)25(4)54-33(27)45/h24-31,42-43H,12-23H2,1-11H3,(H,40,46). The third kappa shape index (κ3) is 17.2. The Hall–Kier alpha value is -3.29. The zero-order valence-corrected chi connectivity index (χ0v) is 35.7. The van der Waals surface area contributed by atoms with E-state index in [4.69, 9.17) is 42.6 Å². The predicted octanol–water partition coefficient (Wildman–Crippen LogP) is 4.18. The van der Waals surface area contributed by atoms with Crippen molar-refractivity contribution < 1.29 is 76.8 Å². The molecule has 330 valence electrons. The van der Waals surface area contributed by atoms with Gasteiger partial charge in [0, 0.05) is 13.2 Å². The summed E-state index contributed by atoms with van der Waals surface area (Å²) in [7, 11) is 0. The van der Waals surface area contributed by atoms with E-state index < -0.39 is 102 Å². The van der Waals surface area contributed by atoms with Gasteiger partial charge in [0.1, 0.15) is 53.4 Å². The number of nitrogens with zero attached hydrogens (tertiary/aromatic N) is 1. The first-order chi connectivity index (χ1) is 26.5. The highest BCUT2D eigenvalue weighted by molar-refractivity contribution is 5.94. The van der Waals surface area contributed by atoms with E-state index in [9.17, 15) is 34.2 Å². The predicted molar refractivity (Wildman–Crippen MR) is 203 cm³/mol. The summed E-state index contributed by atoms with van der Waals surface area (Å²) in [6.07, 6.45) is -5.85. The van der Waals surface area contributed by atoms with E-state index in [2.05, 4.69) is 5.32 Å². The molecule has 2 saturated heterocycles. The van der Waals surface area contributed by atoms with Gasteiger partial charge >= 0.3 is 30.2 Å². The van der Waals surface area contributed by atoms with Crippen LogP contribution in [0.3, 0.4) is 0 Å². The van der Waals surface area contributed by atoms with Crippen molar-refractivity contribution in [3.05, 3.63) is 0 Å². The molecule has 0 aromatic rings. The van der Waals surface area contributed by atoms with E-state index in [1.54, 1.807) is 48.5 Å². The Morgan fingerprint density at radius 3 is 1.65 bits per heavy atom. The van der Waals surface area contributed by atoms with Crippen LogP contribution in [0.25, 0.3) is 0 Å². The van der Waals surface area contributed by atoms with Crippen molar-refractivity contribution >= 4 is 30.2 Å². The van der Waals surface area contributed by atoms with Crippen LogP contribution < -0.4 is 5.32 Å². The van der Waals surface area contributed by atoms with Crippen LogP contribution in [0.1, 0.15) is 115 Å². The van der Waals surface area contributed by atoms with E-state index in [1.165, 1.54) is 13.8 Å². The van der Waals surface area contributed by atoms with Crippen LogP contribution in [0, 0.1) is 0 Å². The van der Waals surface area contributed by atoms with Crippen molar-refractivity contribution in [2.24, 2.45) is 0 Å². The molecule has 2 aliphatic heterocycles. The number of nitrogens with one attached hydrogen (secondary N) is 1. The van der Waals surface area contributed by atoms with Crippen LogP contribution in [0.15, 0.2) is 0 Å². The normalized spacial score (nSPS) is 26.8. The molecule has 0 aromatic heterocycles. The second kappa shape index (κ2) is 22.8. The zero-order valence-electron chi connectivity index (χ0n) is 35.7. The third-order valence-corrected chi connectivity index (χ3v) is 9.12.